The van der Waals surface area contributed by atoms with E-state index in [1.165, 1.54) is 18.1 Å². The quantitative estimate of drug-likeness (QED) is 0.536. The lowest BCUT2D eigenvalue weighted by atomic mass is 10.4. The zero-order valence-corrected chi connectivity index (χ0v) is 8.35. The Bertz CT molecular complexity index is 16.9. The van der Waals surface area contributed by atoms with Crippen molar-refractivity contribution in [3.05, 3.63) is 0 Å². The Morgan fingerprint density at radius 3 is 1.22 bits per heavy atom. The zero-order valence-electron chi connectivity index (χ0n) is 7.20. The molecule has 0 aromatic carbocycles. The highest BCUT2D eigenvalue weighted by Gasteiger charge is 1.63. The van der Waals surface area contributed by atoms with Crippen LogP contribution < -0.4 is 0 Å². The molecular weight excluding hydrogens is 127 g/mol. The summed E-state index contributed by atoms with van der Waals surface area (Å²) < 4.78 is 0. The minimum absolute atomic E-state index is 0. The Morgan fingerprint density at radius 2 is 1.22 bits per heavy atom. The fourth-order valence-corrected chi connectivity index (χ4v) is 0. The maximum Gasteiger partial charge on any atom is 0.195 e. The summed E-state index contributed by atoms with van der Waals surface area (Å²) in [5, 5.41) is 1.40. The van der Waals surface area contributed by atoms with Crippen LogP contribution in [-0.4, -0.2) is 20.7 Å². The molecule has 0 aliphatic rings. The first-order valence-corrected chi connectivity index (χ1v) is 5.58. The molecule has 0 aliphatic carbocycles. The van der Waals surface area contributed by atoms with Gasteiger partial charge in [0, 0.05) is 0 Å². The summed E-state index contributed by atoms with van der Waals surface area (Å²) in [4.78, 5) is 0. The van der Waals surface area contributed by atoms with Gasteiger partial charge in [-0.15, -0.1) is 11.1 Å². The van der Waals surface area contributed by atoms with Crippen LogP contribution in [0.2, 0.25) is 11.1 Å². The number of rotatable bonds is 2. The van der Waals surface area contributed by atoms with E-state index in [0.717, 1.165) is 15.2 Å². The average molecular weight is 147 g/mol. The van der Waals surface area contributed by atoms with Crippen LogP contribution in [0.1, 0.15) is 33.6 Å². The van der Waals surface area contributed by atoms with Crippen LogP contribution in [0.4, 0.5) is 0 Å². The molecule has 0 aromatic heterocycles. The first-order valence-electron chi connectivity index (χ1n) is 3.61. The highest BCUT2D eigenvalue weighted by Crippen LogP contribution is 1.76. The van der Waals surface area contributed by atoms with Crippen LogP contribution in [0.15, 0.2) is 0 Å². The maximum absolute atomic E-state index is 2.26. The largest absolute Gasteiger partial charge is 0.412 e. The predicted molar refractivity (Wildman–Crippen MR) is 46.3 cm³/mol. The Kier molecular flexibility index (Phi) is 42.6. The molecule has 0 unspecified atom stereocenters. The summed E-state index contributed by atoms with van der Waals surface area (Å²) in [5.74, 6) is 2.26. The van der Waals surface area contributed by atoms with Crippen molar-refractivity contribution in [2.24, 2.45) is 0 Å². The normalized spacial score (nSPS) is 6.22. The van der Waals surface area contributed by atoms with Gasteiger partial charge in [0.05, 0.1) is 0 Å². The number of hydrogen-bond acceptors (Lipinski definition) is 0. The molecule has 2 N–H and O–H groups in total. The lowest BCUT2D eigenvalue weighted by Gasteiger charge is -1.68. The van der Waals surface area contributed by atoms with Gasteiger partial charge in [0.2, 0.25) is 0 Å². The highest BCUT2D eigenvalue weighted by atomic mass is 27.1. The number of unbranched alkanes of at least 4 members (excludes halogenated alkanes) is 1. The zero-order chi connectivity index (χ0) is 6.83. The molecule has 1 radical (unpaired) electrons. The topological polar surface area (TPSA) is 31.5 Å². The molecule has 57 valence electrons. The van der Waals surface area contributed by atoms with Gasteiger partial charge in [0.1, 0.15) is 0 Å². The van der Waals surface area contributed by atoms with Crippen LogP contribution in [0.25, 0.3) is 0 Å². The van der Waals surface area contributed by atoms with E-state index in [2.05, 4.69) is 26.6 Å². The average Bonchev–Trinajstić information content (AvgIpc) is 1.88. The second kappa shape index (κ2) is 23.6. The van der Waals surface area contributed by atoms with Crippen molar-refractivity contribution < 1.29 is 5.48 Å². The van der Waals surface area contributed by atoms with Crippen LogP contribution >= 0.6 is 0 Å². The van der Waals surface area contributed by atoms with Gasteiger partial charge in [-0.25, -0.2) is 0 Å². The van der Waals surface area contributed by atoms with Crippen molar-refractivity contribution >= 4 is 15.2 Å². The summed E-state index contributed by atoms with van der Waals surface area (Å²) in [6.45, 7) is 6.58. The fourth-order valence-electron chi connectivity index (χ4n) is 0. The van der Waals surface area contributed by atoms with Crippen molar-refractivity contribution in [2.75, 3.05) is 0 Å². The third kappa shape index (κ3) is 57.6. The fraction of sp³-hybridized carbons (Fsp3) is 1.00. The van der Waals surface area contributed by atoms with E-state index in [0.29, 0.717) is 0 Å². The lowest BCUT2D eigenvalue weighted by Crippen LogP contribution is -1.67. The van der Waals surface area contributed by atoms with Gasteiger partial charge >= 0.3 is 0 Å². The van der Waals surface area contributed by atoms with Gasteiger partial charge in [-0.1, -0.05) is 33.6 Å². The van der Waals surface area contributed by atoms with Crippen LogP contribution in [0, 0.1) is 0 Å². The molecule has 0 spiro atoms. The van der Waals surface area contributed by atoms with Crippen LogP contribution in [0.3, 0.4) is 0 Å². The molecule has 0 saturated heterocycles. The molecule has 0 saturated carbocycles. The van der Waals surface area contributed by atoms with E-state index in [1.807, 2.05) is 0 Å². The Morgan fingerprint density at radius 1 is 1.00 bits per heavy atom. The molecule has 9 heavy (non-hydrogen) atoms. The van der Waals surface area contributed by atoms with Gasteiger partial charge in [0.25, 0.3) is 0 Å². The summed E-state index contributed by atoms with van der Waals surface area (Å²) in [6.07, 6.45) is 2.64. The van der Waals surface area contributed by atoms with Gasteiger partial charge in [-0.05, 0) is 0 Å². The molecule has 0 bridgehead atoms. The molecule has 0 aromatic rings. The Hall–Kier alpha value is 0.492. The van der Waals surface area contributed by atoms with Crippen molar-refractivity contribution in [1.29, 1.82) is 0 Å². The van der Waals surface area contributed by atoms with Crippen LogP contribution in [-0.2, 0) is 0 Å². The Labute approximate surface area is 65.9 Å². The summed E-state index contributed by atoms with van der Waals surface area (Å²) in [5.41, 5.74) is 0. The van der Waals surface area contributed by atoms with Crippen molar-refractivity contribution in [3.8, 4) is 0 Å². The first-order chi connectivity index (χ1) is 3.83. The third-order valence-electron chi connectivity index (χ3n) is 0.908. The minimum atomic E-state index is 0. The smallest absolute Gasteiger partial charge is 0.195 e. The van der Waals surface area contributed by atoms with Gasteiger partial charge in [-0.2, -0.15) is 0 Å². The van der Waals surface area contributed by atoms with Crippen molar-refractivity contribution in [1.82, 2.24) is 0 Å². The molecule has 0 rings (SSSR count). The van der Waals surface area contributed by atoms with E-state index in [4.69, 9.17) is 0 Å². The SMILES string of the molecule is CCCC.C[CH2][Al][CH3].O. The lowest BCUT2D eigenvalue weighted by molar-refractivity contribution is 0.824. The standard InChI is InChI=1S/C4H10.C2H5.CH3.Al.H2O/c1-3-4-2;1-2;;;/h3-4H2,1-2H3;1H2,2H3;1H3;;1H2. The van der Waals surface area contributed by atoms with Crippen molar-refractivity contribution in [2.45, 2.75) is 44.7 Å². The monoisotopic (exact) mass is 147 g/mol. The molecule has 2 heteroatoms. The third-order valence-corrected chi connectivity index (χ3v) is 1.72. The van der Waals surface area contributed by atoms with E-state index >= 15 is 0 Å². The van der Waals surface area contributed by atoms with E-state index in [9.17, 15) is 0 Å². The summed E-state index contributed by atoms with van der Waals surface area (Å²) in [7, 11) is 0. The minimum Gasteiger partial charge on any atom is -0.412 e. The highest BCUT2D eigenvalue weighted by molar-refractivity contribution is 6.33. The summed E-state index contributed by atoms with van der Waals surface area (Å²) >= 11 is 0.782. The number of hydrogen-bond donors (Lipinski definition) is 0. The molecule has 0 amide bonds. The van der Waals surface area contributed by atoms with E-state index in [1.54, 1.807) is 0 Å². The second-order valence-electron chi connectivity index (χ2n) is 1.82. The molecule has 0 heterocycles. The molecular formula is C7H20AlO. The van der Waals surface area contributed by atoms with Crippen molar-refractivity contribution in [3.63, 3.8) is 0 Å². The maximum atomic E-state index is 2.26. The van der Waals surface area contributed by atoms with E-state index < -0.39 is 0 Å². The van der Waals surface area contributed by atoms with E-state index in [-0.39, 0.29) is 5.48 Å². The molecule has 0 aliphatic heterocycles. The van der Waals surface area contributed by atoms with Crippen LogP contribution in [0.5, 0.6) is 0 Å². The molecule has 0 fully saturated rings. The van der Waals surface area contributed by atoms with Gasteiger partial charge < -0.3 is 5.48 Å². The van der Waals surface area contributed by atoms with Gasteiger partial charge in [-0.3, -0.25) is 0 Å². The first kappa shape index (κ1) is 16.2. The Balaban J connectivity index is -0.0000000720. The summed E-state index contributed by atoms with van der Waals surface area (Å²) in [6, 6.07) is 0. The predicted octanol–water partition coefficient (Wildman–Crippen LogP) is 2.16. The molecule has 1 nitrogen and oxygen atoms in total. The molecule has 0 atom stereocenters. The van der Waals surface area contributed by atoms with Gasteiger partial charge in [0.15, 0.2) is 15.2 Å². The second-order valence-corrected chi connectivity index (χ2v) is 3.45.